The van der Waals surface area contributed by atoms with Crippen molar-refractivity contribution in [3.8, 4) is 5.75 Å². The van der Waals surface area contributed by atoms with E-state index in [0.29, 0.717) is 19.2 Å². The summed E-state index contributed by atoms with van der Waals surface area (Å²) in [5.74, 6) is 0.812. The Bertz CT molecular complexity index is 416. The molecule has 0 spiro atoms. The standard InChI is InChI=1S/C14H21ClN2O/c1-10(2)16-8-13-14(6-5-12(4)17-13)18-9-11(3)7-15/h5-7,10,16H,8-9H2,1-4H3/b11-7+. The van der Waals surface area contributed by atoms with Crippen LogP contribution in [0.2, 0.25) is 0 Å². The molecule has 0 atom stereocenters. The van der Waals surface area contributed by atoms with Gasteiger partial charge < -0.3 is 10.1 Å². The number of rotatable bonds is 6. The van der Waals surface area contributed by atoms with Crippen LogP contribution < -0.4 is 10.1 Å². The van der Waals surface area contributed by atoms with E-state index in [0.717, 1.165) is 22.7 Å². The minimum atomic E-state index is 0.421. The van der Waals surface area contributed by atoms with Gasteiger partial charge in [0.15, 0.2) is 0 Å². The van der Waals surface area contributed by atoms with Crippen molar-refractivity contribution in [3.05, 3.63) is 34.6 Å². The quantitative estimate of drug-likeness (QED) is 0.859. The van der Waals surface area contributed by atoms with Crippen LogP contribution in [0, 0.1) is 6.92 Å². The maximum Gasteiger partial charge on any atom is 0.142 e. The average Bonchev–Trinajstić information content (AvgIpc) is 2.34. The molecule has 0 amide bonds. The molecular formula is C14H21ClN2O. The van der Waals surface area contributed by atoms with Crippen LogP contribution in [-0.4, -0.2) is 17.6 Å². The van der Waals surface area contributed by atoms with E-state index in [9.17, 15) is 0 Å². The molecule has 0 aliphatic rings. The second-order valence-corrected chi connectivity index (χ2v) is 4.90. The summed E-state index contributed by atoms with van der Waals surface area (Å²) in [6.45, 7) is 9.32. The van der Waals surface area contributed by atoms with Gasteiger partial charge in [-0.05, 0) is 31.6 Å². The average molecular weight is 269 g/mol. The van der Waals surface area contributed by atoms with Gasteiger partial charge in [-0.15, -0.1) is 0 Å². The molecule has 0 saturated carbocycles. The van der Waals surface area contributed by atoms with E-state index in [4.69, 9.17) is 16.3 Å². The van der Waals surface area contributed by atoms with Crippen LogP contribution in [0.4, 0.5) is 0 Å². The van der Waals surface area contributed by atoms with Crippen molar-refractivity contribution >= 4 is 11.6 Å². The van der Waals surface area contributed by atoms with E-state index < -0.39 is 0 Å². The number of hydrogen-bond donors (Lipinski definition) is 1. The minimum Gasteiger partial charge on any atom is -0.487 e. The molecule has 0 fully saturated rings. The molecule has 100 valence electrons. The predicted molar refractivity (Wildman–Crippen MR) is 76.1 cm³/mol. The highest BCUT2D eigenvalue weighted by Crippen LogP contribution is 2.18. The number of aromatic nitrogens is 1. The van der Waals surface area contributed by atoms with E-state index in [2.05, 4.69) is 24.1 Å². The number of nitrogens with one attached hydrogen (secondary N) is 1. The fraction of sp³-hybridized carbons (Fsp3) is 0.500. The summed E-state index contributed by atoms with van der Waals surface area (Å²) in [5.41, 5.74) is 4.45. The molecule has 0 aliphatic heterocycles. The lowest BCUT2D eigenvalue weighted by Crippen LogP contribution is -2.23. The number of aryl methyl sites for hydroxylation is 1. The summed E-state index contributed by atoms with van der Waals surface area (Å²) < 4.78 is 5.72. The van der Waals surface area contributed by atoms with Gasteiger partial charge in [0.25, 0.3) is 0 Å². The third kappa shape index (κ3) is 5.07. The number of halogens is 1. The number of nitrogens with zero attached hydrogens (tertiary/aromatic N) is 1. The molecular weight excluding hydrogens is 248 g/mol. The Hall–Kier alpha value is -1.06. The second kappa shape index (κ2) is 7.39. The zero-order chi connectivity index (χ0) is 13.5. The maximum atomic E-state index is 5.72. The summed E-state index contributed by atoms with van der Waals surface area (Å²) in [5, 5.41) is 3.35. The van der Waals surface area contributed by atoms with Crippen LogP contribution in [0.3, 0.4) is 0 Å². The smallest absolute Gasteiger partial charge is 0.142 e. The Morgan fingerprint density at radius 1 is 1.50 bits per heavy atom. The van der Waals surface area contributed by atoms with Crippen molar-refractivity contribution in [2.45, 2.75) is 40.3 Å². The zero-order valence-corrected chi connectivity index (χ0v) is 12.2. The van der Waals surface area contributed by atoms with Gasteiger partial charge >= 0.3 is 0 Å². The maximum absolute atomic E-state index is 5.72. The van der Waals surface area contributed by atoms with Gasteiger partial charge in [-0.1, -0.05) is 25.4 Å². The summed E-state index contributed by atoms with van der Waals surface area (Å²) in [6, 6.07) is 4.33. The first-order chi connectivity index (χ1) is 8.52. The largest absolute Gasteiger partial charge is 0.487 e. The Morgan fingerprint density at radius 3 is 2.83 bits per heavy atom. The van der Waals surface area contributed by atoms with Crippen molar-refractivity contribution in [1.82, 2.24) is 10.3 Å². The van der Waals surface area contributed by atoms with E-state index in [1.54, 1.807) is 0 Å². The highest BCUT2D eigenvalue weighted by molar-refractivity contribution is 6.25. The minimum absolute atomic E-state index is 0.421. The van der Waals surface area contributed by atoms with Crippen LogP contribution in [0.15, 0.2) is 23.2 Å². The normalized spacial score (nSPS) is 12.0. The van der Waals surface area contributed by atoms with Gasteiger partial charge in [-0.3, -0.25) is 4.98 Å². The fourth-order valence-electron chi connectivity index (χ4n) is 1.38. The van der Waals surface area contributed by atoms with Crippen LogP contribution >= 0.6 is 11.6 Å². The van der Waals surface area contributed by atoms with E-state index >= 15 is 0 Å². The van der Waals surface area contributed by atoms with Gasteiger partial charge in [-0.25, -0.2) is 0 Å². The van der Waals surface area contributed by atoms with Gasteiger partial charge in [-0.2, -0.15) is 0 Å². The summed E-state index contributed by atoms with van der Waals surface area (Å²) in [4.78, 5) is 4.51. The summed E-state index contributed by atoms with van der Waals surface area (Å²) in [6.07, 6.45) is 0. The molecule has 0 unspecified atom stereocenters. The SMILES string of the molecule is C/C(=C\Cl)COc1ccc(C)nc1CNC(C)C. The lowest BCUT2D eigenvalue weighted by Gasteiger charge is -2.13. The predicted octanol–water partition coefficient (Wildman–Crippen LogP) is 3.41. The Kier molecular flexibility index (Phi) is 6.16. The summed E-state index contributed by atoms with van der Waals surface area (Å²) >= 11 is 5.62. The summed E-state index contributed by atoms with van der Waals surface area (Å²) in [7, 11) is 0. The van der Waals surface area contributed by atoms with E-state index in [1.807, 2.05) is 26.0 Å². The third-order valence-electron chi connectivity index (χ3n) is 2.39. The molecule has 3 nitrogen and oxygen atoms in total. The van der Waals surface area contributed by atoms with E-state index in [-0.39, 0.29) is 0 Å². The molecule has 0 radical (unpaired) electrons. The number of ether oxygens (including phenoxy) is 1. The van der Waals surface area contributed by atoms with Crippen molar-refractivity contribution in [3.63, 3.8) is 0 Å². The molecule has 0 bridgehead atoms. The van der Waals surface area contributed by atoms with Crippen LogP contribution in [0.1, 0.15) is 32.2 Å². The van der Waals surface area contributed by atoms with Crippen molar-refractivity contribution in [2.24, 2.45) is 0 Å². The first kappa shape index (κ1) is 15.0. The van der Waals surface area contributed by atoms with Gasteiger partial charge in [0, 0.05) is 23.8 Å². The van der Waals surface area contributed by atoms with Crippen LogP contribution in [-0.2, 0) is 6.54 Å². The molecule has 1 heterocycles. The van der Waals surface area contributed by atoms with Crippen molar-refractivity contribution in [1.29, 1.82) is 0 Å². The van der Waals surface area contributed by atoms with Gasteiger partial charge in [0.2, 0.25) is 0 Å². The third-order valence-corrected chi connectivity index (χ3v) is 2.76. The lowest BCUT2D eigenvalue weighted by atomic mass is 10.2. The van der Waals surface area contributed by atoms with Crippen molar-refractivity contribution in [2.75, 3.05) is 6.61 Å². The zero-order valence-electron chi connectivity index (χ0n) is 11.5. The first-order valence-electron chi connectivity index (χ1n) is 6.11. The lowest BCUT2D eigenvalue weighted by molar-refractivity contribution is 0.344. The molecule has 0 saturated heterocycles. The Labute approximate surface area is 114 Å². The Balaban J connectivity index is 2.76. The number of hydrogen-bond acceptors (Lipinski definition) is 3. The highest BCUT2D eigenvalue weighted by atomic mass is 35.5. The van der Waals surface area contributed by atoms with Gasteiger partial charge in [0.05, 0.1) is 5.69 Å². The van der Waals surface area contributed by atoms with Crippen LogP contribution in [0.5, 0.6) is 5.75 Å². The van der Waals surface area contributed by atoms with Crippen LogP contribution in [0.25, 0.3) is 0 Å². The second-order valence-electron chi connectivity index (χ2n) is 4.68. The molecule has 0 aromatic carbocycles. The van der Waals surface area contributed by atoms with E-state index in [1.165, 1.54) is 5.54 Å². The topological polar surface area (TPSA) is 34.1 Å². The molecule has 0 aliphatic carbocycles. The Morgan fingerprint density at radius 2 is 2.22 bits per heavy atom. The molecule has 1 aromatic rings. The number of pyridine rings is 1. The molecule has 18 heavy (non-hydrogen) atoms. The monoisotopic (exact) mass is 268 g/mol. The molecule has 1 aromatic heterocycles. The molecule has 4 heteroatoms. The fourth-order valence-corrected chi connectivity index (χ4v) is 1.44. The highest BCUT2D eigenvalue weighted by Gasteiger charge is 2.07. The first-order valence-corrected chi connectivity index (χ1v) is 6.55. The van der Waals surface area contributed by atoms with Crippen molar-refractivity contribution < 1.29 is 4.74 Å². The molecule has 1 N–H and O–H groups in total. The molecule has 1 rings (SSSR count). The van der Waals surface area contributed by atoms with Gasteiger partial charge in [0.1, 0.15) is 12.4 Å².